The van der Waals surface area contributed by atoms with Gasteiger partial charge in [-0.1, -0.05) is 42.5 Å². The van der Waals surface area contributed by atoms with Crippen LogP contribution in [0.1, 0.15) is 17.7 Å². The van der Waals surface area contributed by atoms with Crippen LogP contribution in [0.4, 0.5) is 0 Å². The lowest BCUT2D eigenvalue weighted by Gasteiger charge is -2.14. The normalized spacial score (nSPS) is 17.3. The molecule has 1 saturated heterocycles. The van der Waals surface area contributed by atoms with Gasteiger partial charge in [-0.2, -0.15) is 5.10 Å². The Hall–Kier alpha value is -2.39. The van der Waals surface area contributed by atoms with Crippen molar-refractivity contribution in [2.24, 2.45) is 5.92 Å². The highest BCUT2D eigenvalue weighted by atomic mass is 15.3. The number of nitrogens with zero attached hydrogens (tertiary/aromatic N) is 2. The van der Waals surface area contributed by atoms with E-state index in [2.05, 4.69) is 71.5 Å². The summed E-state index contributed by atoms with van der Waals surface area (Å²) in [4.78, 5) is 0. The van der Waals surface area contributed by atoms with E-state index >= 15 is 0 Å². The molecule has 1 aliphatic heterocycles. The molecule has 1 N–H and O–H groups in total. The van der Waals surface area contributed by atoms with Gasteiger partial charge in [-0.25, -0.2) is 4.68 Å². The number of nitrogens with one attached hydrogen (secondary N) is 1. The Morgan fingerprint density at radius 1 is 1.04 bits per heavy atom. The van der Waals surface area contributed by atoms with Gasteiger partial charge < -0.3 is 5.32 Å². The van der Waals surface area contributed by atoms with Crippen LogP contribution in [0.25, 0.3) is 16.8 Å². The van der Waals surface area contributed by atoms with Crippen molar-refractivity contribution in [3.8, 4) is 16.8 Å². The zero-order chi connectivity index (χ0) is 16.4. The van der Waals surface area contributed by atoms with Gasteiger partial charge in [0.15, 0.2) is 0 Å². The number of benzene rings is 2. The van der Waals surface area contributed by atoms with Crippen LogP contribution in [0.3, 0.4) is 0 Å². The molecule has 3 nitrogen and oxygen atoms in total. The van der Waals surface area contributed by atoms with Gasteiger partial charge in [-0.15, -0.1) is 0 Å². The van der Waals surface area contributed by atoms with Crippen LogP contribution in [0, 0.1) is 12.8 Å². The number of para-hydroxylation sites is 1. The summed E-state index contributed by atoms with van der Waals surface area (Å²) in [6.45, 7) is 4.41. The van der Waals surface area contributed by atoms with Crippen molar-refractivity contribution in [1.29, 1.82) is 0 Å². The molecule has 1 atom stereocenters. The molecule has 1 aliphatic rings. The highest BCUT2D eigenvalue weighted by Gasteiger charge is 2.21. The third-order valence-corrected chi connectivity index (χ3v) is 4.95. The molecule has 2 aromatic carbocycles. The fourth-order valence-corrected chi connectivity index (χ4v) is 3.62. The number of aryl methyl sites for hydroxylation is 1. The molecule has 1 fully saturated rings. The Labute approximate surface area is 143 Å². The van der Waals surface area contributed by atoms with E-state index in [1.54, 1.807) is 0 Å². The van der Waals surface area contributed by atoms with Crippen molar-refractivity contribution < 1.29 is 0 Å². The number of aromatic nitrogens is 2. The lowest BCUT2D eigenvalue weighted by molar-refractivity contribution is 0.561. The van der Waals surface area contributed by atoms with Crippen LogP contribution in [0.2, 0.25) is 0 Å². The second kappa shape index (κ2) is 6.62. The molecule has 1 unspecified atom stereocenters. The van der Waals surface area contributed by atoms with Gasteiger partial charge in [0, 0.05) is 5.56 Å². The van der Waals surface area contributed by atoms with E-state index in [1.165, 1.54) is 28.8 Å². The maximum atomic E-state index is 4.74. The van der Waals surface area contributed by atoms with Crippen LogP contribution in [-0.4, -0.2) is 22.9 Å². The number of hydrogen-bond donors (Lipinski definition) is 1. The molecule has 3 heteroatoms. The fraction of sp³-hybridized carbons (Fsp3) is 0.286. The van der Waals surface area contributed by atoms with Gasteiger partial charge in [-0.05, 0) is 62.0 Å². The summed E-state index contributed by atoms with van der Waals surface area (Å²) in [5.74, 6) is 0.687. The largest absolute Gasteiger partial charge is 0.316 e. The molecule has 24 heavy (non-hydrogen) atoms. The monoisotopic (exact) mass is 317 g/mol. The van der Waals surface area contributed by atoms with Crippen molar-refractivity contribution in [3.63, 3.8) is 0 Å². The standard InChI is InChI=1S/C21H23N3/c1-16-7-5-6-10-19(16)20-15-23-24(18-8-3-2-4-9-18)21(20)13-17-11-12-22-14-17/h2-10,15,17,22H,11-14H2,1H3. The Morgan fingerprint density at radius 2 is 1.83 bits per heavy atom. The lowest BCUT2D eigenvalue weighted by atomic mass is 9.95. The topological polar surface area (TPSA) is 29.9 Å². The summed E-state index contributed by atoms with van der Waals surface area (Å²) in [5.41, 5.74) is 6.32. The van der Waals surface area contributed by atoms with Crippen LogP contribution in [-0.2, 0) is 6.42 Å². The van der Waals surface area contributed by atoms with Crippen molar-refractivity contribution in [1.82, 2.24) is 15.1 Å². The highest BCUT2D eigenvalue weighted by Crippen LogP contribution is 2.31. The molecular weight excluding hydrogens is 294 g/mol. The van der Waals surface area contributed by atoms with E-state index in [1.807, 2.05) is 6.20 Å². The van der Waals surface area contributed by atoms with Crippen molar-refractivity contribution in [3.05, 3.63) is 72.1 Å². The first kappa shape index (κ1) is 15.2. The maximum Gasteiger partial charge on any atom is 0.0649 e. The Morgan fingerprint density at radius 3 is 2.58 bits per heavy atom. The molecule has 0 amide bonds. The van der Waals surface area contributed by atoms with Gasteiger partial charge in [0.2, 0.25) is 0 Å². The van der Waals surface area contributed by atoms with Crippen LogP contribution < -0.4 is 5.32 Å². The molecule has 0 aliphatic carbocycles. The van der Waals surface area contributed by atoms with Crippen molar-refractivity contribution in [2.45, 2.75) is 19.8 Å². The van der Waals surface area contributed by atoms with Crippen LogP contribution in [0.15, 0.2) is 60.8 Å². The van der Waals surface area contributed by atoms with Crippen LogP contribution >= 0.6 is 0 Å². The van der Waals surface area contributed by atoms with Gasteiger partial charge in [0.1, 0.15) is 0 Å². The van der Waals surface area contributed by atoms with E-state index in [9.17, 15) is 0 Å². The van der Waals surface area contributed by atoms with Crippen molar-refractivity contribution >= 4 is 0 Å². The zero-order valence-corrected chi connectivity index (χ0v) is 14.1. The fourth-order valence-electron chi connectivity index (χ4n) is 3.62. The van der Waals surface area contributed by atoms with E-state index in [0.29, 0.717) is 5.92 Å². The molecule has 2 heterocycles. The zero-order valence-electron chi connectivity index (χ0n) is 14.1. The minimum Gasteiger partial charge on any atom is -0.316 e. The first-order valence-electron chi connectivity index (χ1n) is 8.72. The maximum absolute atomic E-state index is 4.74. The highest BCUT2D eigenvalue weighted by molar-refractivity contribution is 5.69. The Bertz CT molecular complexity index is 814. The Balaban J connectivity index is 1.81. The number of rotatable bonds is 4. The van der Waals surface area contributed by atoms with E-state index in [-0.39, 0.29) is 0 Å². The second-order valence-corrected chi connectivity index (χ2v) is 6.63. The van der Waals surface area contributed by atoms with E-state index in [4.69, 9.17) is 5.10 Å². The average Bonchev–Trinajstić information content (AvgIpc) is 3.27. The van der Waals surface area contributed by atoms with Gasteiger partial charge >= 0.3 is 0 Å². The quantitative estimate of drug-likeness (QED) is 0.788. The SMILES string of the molecule is Cc1ccccc1-c1cnn(-c2ccccc2)c1CC1CCNC1. The van der Waals surface area contributed by atoms with Crippen LogP contribution in [0.5, 0.6) is 0 Å². The molecule has 0 spiro atoms. The number of hydrogen-bond acceptors (Lipinski definition) is 2. The second-order valence-electron chi connectivity index (χ2n) is 6.63. The first-order chi connectivity index (χ1) is 11.8. The minimum atomic E-state index is 0.687. The molecule has 1 aromatic heterocycles. The molecule has 122 valence electrons. The van der Waals surface area contributed by atoms with Gasteiger partial charge in [0.25, 0.3) is 0 Å². The van der Waals surface area contributed by atoms with Crippen molar-refractivity contribution in [2.75, 3.05) is 13.1 Å². The summed E-state index contributed by atoms with van der Waals surface area (Å²) in [6.07, 6.45) is 4.34. The average molecular weight is 317 g/mol. The smallest absolute Gasteiger partial charge is 0.0649 e. The molecule has 3 aromatic rings. The predicted octanol–water partition coefficient (Wildman–Crippen LogP) is 4.00. The summed E-state index contributed by atoms with van der Waals surface area (Å²) in [7, 11) is 0. The summed E-state index contributed by atoms with van der Waals surface area (Å²) < 4.78 is 2.13. The van der Waals surface area contributed by atoms with Gasteiger partial charge in [-0.3, -0.25) is 0 Å². The lowest BCUT2D eigenvalue weighted by Crippen LogP contribution is -2.13. The predicted molar refractivity (Wildman–Crippen MR) is 98.4 cm³/mol. The molecule has 0 radical (unpaired) electrons. The summed E-state index contributed by atoms with van der Waals surface area (Å²) in [5, 5.41) is 8.23. The molecule has 0 bridgehead atoms. The molecule has 0 saturated carbocycles. The van der Waals surface area contributed by atoms with E-state index < -0.39 is 0 Å². The summed E-state index contributed by atoms with van der Waals surface area (Å²) >= 11 is 0. The third kappa shape index (κ3) is 2.87. The minimum absolute atomic E-state index is 0.687. The molecule has 4 rings (SSSR count). The Kier molecular flexibility index (Phi) is 4.18. The van der Waals surface area contributed by atoms with E-state index in [0.717, 1.165) is 25.2 Å². The van der Waals surface area contributed by atoms with Gasteiger partial charge in [0.05, 0.1) is 17.6 Å². The molecular formula is C21H23N3. The summed E-state index contributed by atoms with van der Waals surface area (Å²) in [6, 6.07) is 19.1. The first-order valence-corrected chi connectivity index (χ1v) is 8.72. The third-order valence-electron chi connectivity index (χ3n) is 4.95.